The van der Waals surface area contributed by atoms with Crippen LogP contribution >= 0.6 is 0 Å². The Labute approximate surface area is 118 Å². The number of amides is 1. The van der Waals surface area contributed by atoms with E-state index in [1.165, 1.54) is 0 Å². The van der Waals surface area contributed by atoms with Gasteiger partial charge in [0.1, 0.15) is 0 Å². The summed E-state index contributed by atoms with van der Waals surface area (Å²) in [5.74, 6) is -1.43. The highest BCUT2D eigenvalue weighted by Gasteiger charge is 2.31. The molecule has 2 rings (SSSR count). The van der Waals surface area contributed by atoms with Gasteiger partial charge in [0, 0.05) is 32.4 Å². The van der Waals surface area contributed by atoms with E-state index in [2.05, 4.69) is 0 Å². The van der Waals surface area contributed by atoms with Crippen molar-refractivity contribution in [2.75, 3.05) is 25.2 Å². The molecule has 0 spiro atoms. The second kappa shape index (κ2) is 6.52. The molecule has 108 valence electrons. The molecular weight excluding hydrogens is 258 g/mol. The van der Waals surface area contributed by atoms with E-state index in [4.69, 9.17) is 4.74 Å². The van der Waals surface area contributed by atoms with Crippen LogP contribution in [-0.2, 0) is 20.7 Å². The highest BCUT2D eigenvalue weighted by molar-refractivity contribution is 5.95. The van der Waals surface area contributed by atoms with E-state index in [1.807, 2.05) is 24.3 Å². The summed E-state index contributed by atoms with van der Waals surface area (Å²) >= 11 is 0. The number of methoxy groups -OCH3 is 1. The number of hydrogen-bond donors (Lipinski definition) is 1. The molecular formula is C15H19NO4. The number of rotatable bonds is 5. The van der Waals surface area contributed by atoms with Gasteiger partial charge in [-0.05, 0) is 24.5 Å². The van der Waals surface area contributed by atoms with Crippen LogP contribution in [0.5, 0.6) is 0 Å². The molecule has 1 aromatic carbocycles. The van der Waals surface area contributed by atoms with Crippen molar-refractivity contribution in [1.82, 2.24) is 0 Å². The molecule has 5 heteroatoms. The lowest BCUT2D eigenvalue weighted by molar-refractivity contribution is -0.141. The van der Waals surface area contributed by atoms with Gasteiger partial charge in [0.2, 0.25) is 5.91 Å². The van der Waals surface area contributed by atoms with Crippen molar-refractivity contribution >= 4 is 17.6 Å². The number of carbonyl (C=O) groups is 2. The quantitative estimate of drug-likeness (QED) is 0.832. The van der Waals surface area contributed by atoms with E-state index < -0.39 is 11.9 Å². The van der Waals surface area contributed by atoms with E-state index in [0.717, 1.165) is 11.3 Å². The third-order valence-electron chi connectivity index (χ3n) is 3.54. The van der Waals surface area contributed by atoms with Crippen molar-refractivity contribution in [1.29, 1.82) is 0 Å². The fourth-order valence-electron chi connectivity index (χ4n) is 2.50. The van der Waals surface area contributed by atoms with Gasteiger partial charge in [0.15, 0.2) is 0 Å². The molecule has 0 aliphatic carbocycles. The number of fused-ring (bicyclic) bond motifs is 1. The van der Waals surface area contributed by atoms with Crippen LogP contribution in [0, 0.1) is 5.92 Å². The van der Waals surface area contributed by atoms with Crippen LogP contribution in [0.2, 0.25) is 0 Å². The maximum absolute atomic E-state index is 12.3. The summed E-state index contributed by atoms with van der Waals surface area (Å²) in [7, 11) is 1.60. The molecule has 0 aromatic heterocycles. The predicted molar refractivity (Wildman–Crippen MR) is 74.7 cm³/mol. The van der Waals surface area contributed by atoms with Crippen molar-refractivity contribution in [2.24, 2.45) is 5.92 Å². The fraction of sp³-hybridized carbons (Fsp3) is 0.467. The first kappa shape index (κ1) is 14.5. The summed E-state index contributed by atoms with van der Waals surface area (Å²) in [6, 6.07) is 7.51. The first-order chi connectivity index (χ1) is 9.63. The minimum Gasteiger partial charge on any atom is -0.481 e. The van der Waals surface area contributed by atoms with E-state index in [9.17, 15) is 14.7 Å². The Morgan fingerprint density at radius 3 is 2.85 bits per heavy atom. The Morgan fingerprint density at radius 2 is 2.15 bits per heavy atom. The molecule has 0 radical (unpaired) electrons. The molecule has 1 aromatic rings. The molecule has 1 heterocycles. The third-order valence-corrected chi connectivity index (χ3v) is 3.54. The van der Waals surface area contributed by atoms with Gasteiger partial charge < -0.3 is 14.7 Å². The number of carboxylic acid groups (broad SMARTS) is 1. The monoisotopic (exact) mass is 277 g/mol. The normalized spacial score (nSPS) is 17.6. The van der Waals surface area contributed by atoms with Crippen molar-refractivity contribution in [2.45, 2.75) is 19.3 Å². The number of aliphatic carboxylic acids is 1. The topological polar surface area (TPSA) is 66.8 Å². The summed E-state index contributed by atoms with van der Waals surface area (Å²) in [5, 5.41) is 9.22. The van der Waals surface area contributed by atoms with E-state index in [1.54, 1.807) is 12.0 Å². The fourth-order valence-corrected chi connectivity index (χ4v) is 2.50. The lowest BCUT2D eigenvalue weighted by Gasteiger charge is -2.33. The van der Waals surface area contributed by atoms with E-state index in [0.29, 0.717) is 25.9 Å². The summed E-state index contributed by atoms with van der Waals surface area (Å²) < 4.78 is 4.94. The number of hydrogen-bond acceptors (Lipinski definition) is 3. The number of carboxylic acids is 1. The number of para-hydroxylation sites is 1. The van der Waals surface area contributed by atoms with E-state index in [-0.39, 0.29) is 12.5 Å². The zero-order valence-corrected chi connectivity index (χ0v) is 11.5. The van der Waals surface area contributed by atoms with Crippen molar-refractivity contribution in [3.63, 3.8) is 0 Å². The van der Waals surface area contributed by atoms with Gasteiger partial charge in [-0.3, -0.25) is 9.59 Å². The van der Waals surface area contributed by atoms with Gasteiger partial charge in [-0.25, -0.2) is 0 Å². The average molecular weight is 277 g/mol. The molecule has 0 saturated heterocycles. The molecule has 20 heavy (non-hydrogen) atoms. The molecule has 1 N–H and O–H groups in total. The Bertz CT molecular complexity index is 500. The summed E-state index contributed by atoms with van der Waals surface area (Å²) in [6.07, 6.45) is 1.49. The number of ether oxygens (including phenoxy) is 1. The number of benzene rings is 1. The van der Waals surface area contributed by atoms with Crippen LogP contribution < -0.4 is 4.90 Å². The molecule has 5 nitrogen and oxygen atoms in total. The molecule has 1 amide bonds. The number of anilines is 1. The lowest BCUT2D eigenvalue weighted by atomic mass is 9.92. The second-order valence-electron chi connectivity index (χ2n) is 4.97. The van der Waals surface area contributed by atoms with Crippen LogP contribution in [0.1, 0.15) is 18.4 Å². The van der Waals surface area contributed by atoms with Crippen LogP contribution in [0.4, 0.5) is 5.69 Å². The molecule has 0 bridgehead atoms. The van der Waals surface area contributed by atoms with Crippen LogP contribution in [-0.4, -0.2) is 37.2 Å². The van der Waals surface area contributed by atoms with Gasteiger partial charge in [-0.2, -0.15) is 0 Å². The van der Waals surface area contributed by atoms with Gasteiger partial charge in [-0.1, -0.05) is 18.2 Å². The Kier molecular flexibility index (Phi) is 4.74. The third kappa shape index (κ3) is 3.17. The average Bonchev–Trinajstić information content (AvgIpc) is 2.46. The molecule has 0 saturated carbocycles. The Balaban J connectivity index is 2.18. The lowest BCUT2D eigenvalue weighted by Crippen LogP contribution is -2.42. The molecule has 0 fully saturated rings. The first-order valence-electron chi connectivity index (χ1n) is 6.73. The SMILES string of the molecule is COCCCC(=O)N1CC(C(=O)O)Cc2ccccc21. The standard InChI is InChI=1S/C15H19NO4/c1-20-8-4-7-14(17)16-10-12(15(18)19)9-11-5-2-3-6-13(11)16/h2-3,5-6,12H,4,7-10H2,1H3,(H,18,19). The number of nitrogens with zero attached hydrogens (tertiary/aromatic N) is 1. The summed E-state index contributed by atoms with van der Waals surface area (Å²) in [6.45, 7) is 0.780. The minimum atomic E-state index is -0.853. The van der Waals surface area contributed by atoms with E-state index >= 15 is 0 Å². The number of carbonyl (C=O) groups excluding carboxylic acids is 1. The molecule has 1 unspecified atom stereocenters. The van der Waals surface area contributed by atoms with Gasteiger partial charge in [0.05, 0.1) is 5.92 Å². The van der Waals surface area contributed by atoms with Crippen LogP contribution in [0.3, 0.4) is 0 Å². The maximum Gasteiger partial charge on any atom is 0.308 e. The smallest absolute Gasteiger partial charge is 0.308 e. The highest BCUT2D eigenvalue weighted by atomic mass is 16.5. The van der Waals surface area contributed by atoms with Crippen molar-refractivity contribution in [3.8, 4) is 0 Å². The largest absolute Gasteiger partial charge is 0.481 e. The van der Waals surface area contributed by atoms with Crippen molar-refractivity contribution in [3.05, 3.63) is 29.8 Å². The minimum absolute atomic E-state index is 0.0413. The Hall–Kier alpha value is -1.88. The predicted octanol–water partition coefficient (Wildman–Crippen LogP) is 1.70. The van der Waals surface area contributed by atoms with Crippen molar-refractivity contribution < 1.29 is 19.4 Å². The van der Waals surface area contributed by atoms with Gasteiger partial charge >= 0.3 is 5.97 Å². The van der Waals surface area contributed by atoms with Gasteiger partial charge in [-0.15, -0.1) is 0 Å². The summed E-state index contributed by atoms with van der Waals surface area (Å²) in [5.41, 5.74) is 1.76. The zero-order chi connectivity index (χ0) is 14.5. The molecule has 1 aliphatic rings. The van der Waals surface area contributed by atoms with Crippen LogP contribution in [0.25, 0.3) is 0 Å². The first-order valence-corrected chi connectivity index (χ1v) is 6.73. The maximum atomic E-state index is 12.3. The Morgan fingerprint density at radius 1 is 1.40 bits per heavy atom. The molecule has 1 aliphatic heterocycles. The molecule has 1 atom stereocenters. The zero-order valence-electron chi connectivity index (χ0n) is 11.5. The van der Waals surface area contributed by atoms with Gasteiger partial charge in [0.25, 0.3) is 0 Å². The summed E-state index contributed by atoms with van der Waals surface area (Å²) in [4.78, 5) is 25.1. The second-order valence-corrected chi connectivity index (χ2v) is 4.97. The highest BCUT2D eigenvalue weighted by Crippen LogP contribution is 2.30. The van der Waals surface area contributed by atoms with Crippen LogP contribution in [0.15, 0.2) is 24.3 Å².